The SMILES string of the molecule is Cc1cc(C)nc(Oc2cccc(NC(=O)/C=C/c3ccc(Cl)cc3)c2)n1. The van der Waals surface area contributed by atoms with E-state index in [2.05, 4.69) is 15.3 Å². The van der Waals surface area contributed by atoms with Crippen LogP contribution in [0.4, 0.5) is 5.69 Å². The summed E-state index contributed by atoms with van der Waals surface area (Å²) in [5, 5.41) is 3.45. The largest absolute Gasteiger partial charge is 0.424 e. The smallest absolute Gasteiger partial charge is 0.322 e. The Morgan fingerprint density at radius 3 is 2.44 bits per heavy atom. The molecule has 0 aliphatic carbocycles. The minimum atomic E-state index is -0.246. The van der Waals surface area contributed by atoms with E-state index in [0.717, 1.165) is 17.0 Å². The number of ether oxygens (including phenoxy) is 1. The second-order valence-corrected chi connectivity index (χ2v) is 6.37. The van der Waals surface area contributed by atoms with Crippen LogP contribution in [-0.4, -0.2) is 15.9 Å². The molecule has 0 spiro atoms. The highest BCUT2D eigenvalue weighted by Crippen LogP contribution is 2.22. The van der Waals surface area contributed by atoms with Gasteiger partial charge in [-0.1, -0.05) is 29.8 Å². The Balaban J connectivity index is 1.66. The number of benzene rings is 2. The minimum Gasteiger partial charge on any atom is -0.424 e. The number of aryl methyl sites for hydroxylation is 2. The van der Waals surface area contributed by atoms with Gasteiger partial charge in [0.25, 0.3) is 0 Å². The third kappa shape index (κ3) is 5.66. The molecule has 6 heteroatoms. The lowest BCUT2D eigenvalue weighted by Gasteiger charge is -2.08. The maximum absolute atomic E-state index is 12.1. The molecule has 0 saturated heterocycles. The first-order valence-electron chi connectivity index (χ1n) is 8.33. The molecule has 5 nitrogen and oxygen atoms in total. The second-order valence-electron chi connectivity index (χ2n) is 5.94. The maximum atomic E-state index is 12.1. The molecule has 3 aromatic rings. The van der Waals surface area contributed by atoms with Gasteiger partial charge in [-0.3, -0.25) is 4.79 Å². The van der Waals surface area contributed by atoms with Crippen molar-refractivity contribution in [2.75, 3.05) is 5.32 Å². The van der Waals surface area contributed by atoms with Crippen molar-refractivity contribution in [3.8, 4) is 11.8 Å². The number of amides is 1. The molecule has 1 N–H and O–H groups in total. The molecule has 0 radical (unpaired) electrons. The summed E-state index contributed by atoms with van der Waals surface area (Å²) >= 11 is 5.85. The first-order chi connectivity index (χ1) is 13.0. The van der Waals surface area contributed by atoms with Gasteiger partial charge in [0, 0.05) is 34.2 Å². The Morgan fingerprint density at radius 1 is 1.04 bits per heavy atom. The van der Waals surface area contributed by atoms with Gasteiger partial charge in [0.1, 0.15) is 5.75 Å². The molecule has 3 rings (SSSR count). The number of nitrogens with zero attached hydrogens (tertiary/aromatic N) is 2. The van der Waals surface area contributed by atoms with E-state index in [9.17, 15) is 4.79 Å². The third-order valence-electron chi connectivity index (χ3n) is 3.57. The number of anilines is 1. The van der Waals surface area contributed by atoms with E-state index >= 15 is 0 Å². The van der Waals surface area contributed by atoms with E-state index < -0.39 is 0 Å². The lowest BCUT2D eigenvalue weighted by atomic mass is 10.2. The number of carbonyl (C=O) groups is 1. The Labute approximate surface area is 162 Å². The van der Waals surface area contributed by atoms with Crippen LogP contribution in [0.5, 0.6) is 11.8 Å². The molecule has 0 fully saturated rings. The van der Waals surface area contributed by atoms with Gasteiger partial charge < -0.3 is 10.1 Å². The summed E-state index contributed by atoms with van der Waals surface area (Å²) < 4.78 is 5.70. The molecule has 0 aliphatic heterocycles. The average Bonchev–Trinajstić information content (AvgIpc) is 2.61. The van der Waals surface area contributed by atoms with Gasteiger partial charge in [-0.15, -0.1) is 0 Å². The van der Waals surface area contributed by atoms with Crippen LogP contribution < -0.4 is 10.1 Å². The van der Waals surface area contributed by atoms with E-state index in [1.165, 1.54) is 6.08 Å². The van der Waals surface area contributed by atoms with Crippen LogP contribution in [0.3, 0.4) is 0 Å². The number of rotatable bonds is 5. The fourth-order valence-electron chi connectivity index (χ4n) is 2.41. The molecule has 2 aromatic carbocycles. The van der Waals surface area contributed by atoms with Crippen LogP contribution in [-0.2, 0) is 4.79 Å². The number of nitrogens with one attached hydrogen (secondary N) is 1. The lowest BCUT2D eigenvalue weighted by molar-refractivity contribution is -0.111. The minimum absolute atomic E-state index is 0.246. The Hall–Kier alpha value is -3.18. The molecule has 0 unspecified atom stereocenters. The molecule has 1 heterocycles. The summed E-state index contributed by atoms with van der Waals surface area (Å²) in [6.45, 7) is 3.76. The van der Waals surface area contributed by atoms with Gasteiger partial charge in [0.15, 0.2) is 0 Å². The molecule has 0 saturated carbocycles. The van der Waals surface area contributed by atoms with E-state index in [-0.39, 0.29) is 11.9 Å². The van der Waals surface area contributed by atoms with Gasteiger partial charge in [-0.2, -0.15) is 0 Å². The zero-order valence-corrected chi connectivity index (χ0v) is 15.7. The van der Waals surface area contributed by atoms with Crippen molar-refractivity contribution in [3.63, 3.8) is 0 Å². The molecule has 0 aliphatic rings. The summed E-state index contributed by atoms with van der Waals surface area (Å²) in [5.41, 5.74) is 3.16. The van der Waals surface area contributed by atoms with Crippen molar-refractivity contribution in [1.82, 2.24) is 9.97 Å². The second kappa shape index (κ2) is 8.47. The third-order valence-corrected chi connectivity index (χ3v) is 3.82. The Bertz CT molecular complexity index is 965. The van der Waals surface area contributed by atoms with E-state index in [1.54, 1.807) is 42.5 Å². The van der Waals surface area contributed by atoms with Gasteiger partial charge >= 0.3 is 6.01 Å². The van der Waals surface area contributed by atoms with Crippen LogP contribution in [0.25, 0.3) is 6.08 Å². The summed E-state index contributed by atoms with van der Waals surface area (Å²) in [5.74, 6) is 0.296. The molecule has 0 atom stereocenters. The molecule has 27 heavy (non-hydrogen) atoms. The molecular formula is C21H18ClN3O2. The zero-order chi connectivity index (χ0) is 19.2. The number of halogens is 1. The van der Waals surface area contributed by atoms with E-state index in [1.807, 2.05) is 32.0 Å². The van der Waals surface area contributed by atoms with Crippen molar-refractivity contribution in [3.05, 3.63) is 82.6 Å². The predicted octanol–water partition coefficient (Wildman–Crippen LogP) is 5.19. The van der Waals surface area contributed by atoms with Crippen molar-refractivity contribution in [2.45, 2.75) is 13.8 Å². The first-order valence-corrected chi connectivity index (χ1v) is 8.70. The molecule has 1 amide bonds. The summed E-state index contributed by atoms with van der Waals surface area (Å²) in [6, 6.07) is 16.4. The highest BCUT2D eigenvalue weighted by atomic mass is 35.5. The average molecular weight is 380 g/mol. The molecule has 0 bridgehead atoms. The summed E-state index contributed by atoms with van der Waals surface area (Å²) in [7, 11) is 0. The number of hydrogen-bond acceptors (Lipinski definition) is 4. The standard InChI is InChI=1S/C21H18ClN3O2/c1-14-12-15(2)24-21(23-14)27-19-5-3-4-18(13-19)25-20(26)11-8-16-6-9-17(22)10-7-16/h3-13H,1-2H3,(H,25,26)/b11-8+. The monoisotopic (exact) mass is 379 g/mol. The highest BCUT2D eigenvalue weighted by molar-refractivity contribution is 6.30. The van der Waals surface area contributed by atoms with Crippen molar-refractivity contribution < 1.29 is 9.53 Å². The van der Waals surface area contributed by atoms with Crippen LogP contribution in [0.2, 0.25) is 5.02 Å². The fraction of sp³-hybridized carbons (Fsp3) is 0.0952. The molecule has 136 valence electrons. The molecular weight excluding hydrogens is 362 g/mol. The quantitative estimate of drug-likeness (QED) is 0.619. The van der Waals surface area contributed by atoms with E-state index in [0.29, 0.717) is 16.5 Å². The van der Waals surface area contributed by atoms with E-state index in [4.69, 9.17) is 16.3 Å². The van der Waals surface area contributed by atoms with Crippen LogP contribution in [0, 0.1) is 13.8 Å². The number of hydrogen-bond donors (Lipinski definition) is 1. The summed E-state index contributed by atoms with van der Waals surface area (Å²) in [6.07, 6.45) is 3.18. The number of aromatic nitrogens is 2. The lowest BCUT2D eigenvalue weighted by Crippen LogP contribution is -2.07. The Morgan fingerprint density at radius 2 is 1.74 bits per heavy atom. The normalized spacial score (nSPS) is 10.8. The topological polar surface area (TPSA) is 64.1 Å². The van der Waals surface area contributed by atoms with Gasteiger partial charge in [0.2, 0.25) is 5.91 Å². The van der Waals surface area contributed by atoms with Crippen molar-refractivity contribution >= 4 is 29.3 Å². The van der Waals surface area contributed by atoms with Crippen LogP contribution in [0.1, 0.15) is 17.0 Å². The summed E-state index contributed by atoms with van der Waals surface area (Å²) in [4.78, 5) is 20.6. The van der Waals surface area contributed by atoms with Gasteiger partial charge in [0.05, 0.1) is 0 Å². The van der Waals surface area contributed by atoms with Crippen LogP contribution in [0.15, 0.2) is 60.7 Å². The molecule has 1 aromatic heterocycles. The van der Waals surface area contributed by atoms with Crippen LogP contribution >= 0.6 is 11.6 Å². The van der Waals surface area contributed by atoms with Gasteiger partial charge in [-0.25, -0.2) is 9.97 Å². The Kier molecular flexibility index (Phi) is 5.84. The van der Waals surface area contributed by atoms with Crippen molar-refractivity contribution in [2.24, 2.45) is 0 Å². The van der Waals surface area contributed by atoms with Gasteiger partial charge in [-0.05, 0) is 55.8 Å². The maximum Gasteiger partial charge on any atom is 0.322 e. The highest BCUT2D eigenvalue weighted by Gasteiger charge is 2.05. The number of carbonyl (C=O) groups excluding carboxylic acids is 1. The fourth-order valence-corrected chi connectivity index (χ4v) is 2.54. The first kappa shape index (κ1) is 18.6. The zero-order valence-electron chi connectivity index (χ0n) is 14.9. The predicted molar refractivity (Wildman–Crippen MR) is 107 cm³/mol. The van der Waals surface area contributed by atoms with Crippen molar-refractivity contribution in [1.29, 1.82) is 0 Å².